The molecule has 8 nitrogen and oxygen atoms in total. The molecule has 4 heterocycles. The van der Waals surface area contributed by atoms with Crippen molar-refractivity contribution < 1.29 is 9.59 Å². The smallest absolute Gasteiger partial charge is 0.313 e. The molecule has 4 aliphatic heterocycles. The van der Waals surface area contributed by atoms with E-state index in [0.29, 0.717) is 0 Å². The number of guanidine groups is 1. The number of aliphatic imine (C=N–C) groups is 1. The van der Waals surface area contributed by atoms with E-state index in [1.165, 1.54) is 17.7 Å². The van der Waals surface area contributed by atoms with Crippen LogP contribution in [0.2, 0.25) is 0 Å². The molecule has 4 aliphatic rings. The predicted molar refractivity (Wildman–Crippen MR) is 98.1 cm³/mol. The maximum atomic E-state index is 12.4. The zero-order valence-corrected chi connectivity index (χ0v) is 16.0. The van der Waals surface area contributed by atoms with Crippen LogP contribution in [0.5, 0.6) is 0 Å². The molecule has 0 aliphatic carbocycles. The number of urea groups is 1. The second-order valence-corrected chi connectivity index (χ2v) is 7.91. The minimum Gasteiger partial charge on any atom is -0.313 e. The monoisotopic (exact) mass is 360 g/mol. The summed E-state index contributed by atoms with van der Waals surface area (Å²) in [6.07, 6.45) is 2.07. The van der Waals surface area contributed by atoms with Gasteiger partial charge in [-0.1, -0.05) is 6.92 Å². The van der Waals surface area contributed by atoms with Crippen molar-refractivity contribution in [3.05, 3.63) is 11.4 Å². The first kappa shape index (κ1) is 17.3. The van der Waals surface area contributed by atoms with Crippen molar-refractivity contribution in [2.24, 2.45) is 10.9 Å². The molecule has 0 bridgehead atoms. The van der Waals surface area contributed by atoms with Crippen LogP contribution in [0.4, 0.5) is 4.79 Å². The summed E-state index contributed by atoms with van der Waals surface area (Å²) in [4.78, 5) is 37.4. The fourth-order valence-electron chi connectivity index (χ4n) is 4.32. The molecule has 2 unspecified atom stereocenters. The lowest BCUT2D eigenvalue weighted by Crippen LogP contribution is -2.63. The van der Waals surface area contributed by atoms with Crippen molar-refractivity contribution in [3.63, 3.8) is 0 Å². The number of amides is 3. The Labute approximate surface area is 154 Å². The molecule has 0 aromatic carbocycles. The van der Waals surface area contributed by atoms with Gasteiger partial charge in [0.25, 0.3) is 5.91 Å². The molecule has 26 heavy (non-hydrogen) atoms. The third kappa shape index (κ3) is 2.58. The highest BCUT2D eigenvalue weighted by atomic mass is 16.2. The second kappa shape index (κ2) is 6.26. The molecule has 2 saturated heterocycles. The van der Waals surface area contributed by atoms with Crippen LogP contribution in [0.25, 0.3) is 0 Å². The van der Waals surface area contributed by atoms with Crippen LogP contribution in [0.15, 0.2) is 16.4 Å². The number of carbonyl (C=O) groups is 2. The van der Waals surface area contributed by atoms with Crippen molar-refractivity contribution in [2.45, 2.75) is 45.8 Å². The highest BCUT2D eigenvalue weighted by Crippen LogP contribution is 2.35. The highest BCUT2D eigenvalue weighted by molar-refractivity contribution is 6.05. The van der Waals surface area contributed by atoms with Crippen molar-refractivity contribution in [2.75, 3.05) is 33.2 Å². The molecule has 0 aromatic rings. The van der Waals surface area contributed by atoms with Crippen LogP contribution >= 0.6 is 0 Å². The number of imide groups is 1. The van der Waals surface area contributed by atoms with E-state index in [1.54, 1.807) is 7.05 Å². The van der Waals surface area contributed by atoms with E-state index >= 15 is 0 Å². The molecule has 2 atom stereocenters. The Balaban J connectivity index is 1.52. The van der Waals surface area contributed by atoms with E-state index in [2.05, 4.69) is 29.0 Å². The quantitative estimate of drug-likeness (QED) is 0.807. The van der Waals surface area contributed by atoms with Gasteiger partial charge < -0.3 is 14.7 Å². The summed E-state index contributed by atoms with van der Waals surface area (Å²) in [5.74, 6) is 1.36. The summed E-state index contributed by atoms with van der Waals surface area (Å²) in [7, 11) is 1.69. The number of nitrogens with one attached hydrogen (secondary N) is 1. The molecule has 142 valence electrons. The van der Waals surface area contributed by atoms with E-state index in [4.69, 9.17) is 4.99 Å². The normalized spacial score (nSPS) is 30.0. The van der Waals surface area contributed by atoms with Crippen molar-refractivity contribution >= 4 is 17.9 Å². The SMILES string of the molecule is CC1=C(C)N2C(=NC3C2C(=O)NC(=O)N3C)N1CCN1CCC(C)CC1. The largest absolute Gasteiger partial charge is 0.325 e. The lowest BCUT2D eigenvalue weighted by Gasteiger charge is -2.35. The maximum Gasteiger partial charge on any atom is 0.325 e. The van der Waals surface area contributed by atoms with Gasteiger partial charge in [0, 0.05) is 31.5 Å². The predicted octanol–water partition coefficient (Wildman–Crippen LogP) is 0.833. The first-order valence-corrected chi connectivity index (χ1v) is 9.50. The van der Waals surface area contributed by atoms with Crippen LogP contribution in [0.3, 0.4) is 0 Å². The topological polar surface area (TPSA) is 71.5 Å². The fraction of sp³-hybridized carbons (Fsp3) is 0.722. The van der Waals surface area contributed by atoms with Gasteiger partial charge in [-0.3, -0.25) is 15.0 Å². The lowest BCUT2D eigenvalue weighted by molar-refractivity contribution is -0.126. The number of fused-ring (bicyclic) bond motifs is 3. The van der Waals surface area contributed by atoms with E-state index in [1.807, 2.05) is 11.8 Å². The molecule has 4 rings (SSSR count). The van der Waals surface area contributed by atoms with Gasteiger partial charge in [-0.2, -0.15) is 0 Å². The summed E-state index contributed by atoms with van der Waals surface area (Å²) in [5.41, 5.74) is 2.18. The molecule has 0 radical (unpaired) electrons. The van der Waals surface area contributed by atoms with E-state index in [0.717, 1.165) is 49.5 Å². The number of rotatable bonds is 3. The molecule has 0 aromatic heterocycles. The summed E-state index contributed by atoms with van der Waals surface area (Å²) < 4.78 is 0. The summed E-state index contributed by atoms with van der Waals surface area (Å²) in [6, 6.07) is -0.849. The lowest BCUT2D eigenvalue weighted by atomic mass is 9.99. The summed E-state index contributed by atoms with van der Waals surface area (Å²) >= 11 is 0. The Hall–Kier alpha value is -2.09. The van der Waals surface area contributed by atoms with Crippen molar-refractivity contribution in [1.82, 2.24) is 24.9 Å². The van der Waals surface area contributed by atoms with Crippen LogP contribution in [0, 0.1) is 5.92 Å². The minimum atomic E-state index is -0.469. The van der Waals surface area contributed by atoms with E-state index in [9.17, 15) is 9.59 Å². The fourth-order valence-corrected chi connectivity index (χ4v) is 4.32. The Bertz CT molecular complexity index is 694. The molecule has 2 fully saturated rings. The van der Waals surface area contributed by atoms with Gasteiger partial charge in [0.15, 0.2) is 12.2 Å². The minimum absolute atomic E-state index is 0.268. The standard InChI is InChI=1S/C18H28N6O2/c1-11-5-7-22(8-6-11)9-10-23-12(2)13(3)24-14-15(19-17(23)24)21(4)18(26)20-16(14)25/h11,14-15H,5-10H2,1-4H3,(H,20,25,26). The van der Waals surface area contributed by atoms with Gasteiger partial charge in [-0.15, -0.1) is 0 Å². The molecular formula is C18H28N6O2. The van der Waals surface area contributed by atoms with Gasteiger partial charge in [-0.25, -0.2) is 9.79 Å². The van der Waals surface area contributed by atoms with Crippen LogP contribution in [-0.2, 0) is 4.79 Å². The van der Waals surface area contributed by atoms with Gasteiger partial charge in [-0.05, 0) is 45.7 Å². The van der Waals surface area contributed by atoms with Gasteiger partial charge in [0.05, 0.1) is 0 Å². The molecule has 1 N–H and O–H groups in total. The first-order valence-electron chi connectivity index (χ1n) is 9.50. The van der Waals surface area contributed by atoms with E-state index in [-0.39, 0.29) is 11.9 Å². The molecular weight excluding hydrogens is 332 g/mol. The van der Waals surface area contributed by atoms with E-state index < -0.39 is 12.2 Å². The van der Waals surface area contributed by atoms with Gasteiger partial charge in [0.1, 0.15) is 0 Å². The van der Waals surface area contributed by atoms with Crippen LogP contribution in [-0.4, -0.2) is 82.9 Å². The van der Waals surface area contributed by atoms with Gasteiger partial charge >= 0.3 is 6.03 Å². The number of hydrogen-bond acceptors (Lipinski definition) is 6. The number of piperidine rings is 1. The Morgan fingerprint density at radius 3 is 2.50 bits per heavy atom. The zero-order chi connectivity index (χ0) is 18.6. The molecule has 3 amide bonds. The van der Waals surface area contributed by atoms with Crippen LogP contribution < -0.4 is 5.32 Å². The number of hydrogen-bond donors (Lipinski definition) is 1. The molecule has 0 spiro atoms. The second-order valence-electron chi connectivity index (χ2n) is 7.91. The van der Waals surface area contributed by atoms with Crippen molar-refractivity contribution in [1.29, 1.82) is 0 Å². The zero-order valence-electron chi connectivity index (χ0n) is 16.0. The summed E-state index contributed by atoms with van der Waals surface area (Å²) in [6.45, 7) is 10.6. The highest BCUT2D eigenvalue weighted by Gasteiger charge is 2.53. The molecule has 0 saturated carbocycles. The third-order valence-corrected chi connectivity index (χ3v) is 6.29. The van der Waals surface area contributed by atoms with Crippen LogP contribution in [0.1, 0.15) is 33.6 Å². The Kier molecular flexibility index (Phi) is 4.17. The molecule has 8 heteroatoms. The third-order valence-electron chi connectivity index (χ3n) is 6.29. The average Bonchev–Trinajstić information content (AvgIpc) is 3.10. The summed E-state index contributed by atoms with van der Waals surface area (Å²) in [5, 5.41) is 2.43. The number of likely N-dealkylation sites (tertiary alicyclic amines) is 1. The van der Waals surface area contributed by atoms with Crippen molar-refractivity contribution in [3.8, 4) is 0 Å². The average molecular weight is 360 g/mol. The first-order chi connectivity index (χ1) is 12.4. The Morgan fingerprint density at radius 1 is 1.12 bits per heavy atom. The van der Waals surface area contributed by atoms with Gasteiger partial charge in [0.2, 0.25) is 5.96 Å². The maximum absolute atomic E-state index is 12.4. The number of carbonyl (C=O) groups excluding carboxylic acids is 2. The Morgan fingerprint density at radius 2 is 1.81 bits per heavy atom. The number of nitrogens with zero attached hydrogens (tertiary/aromatic N) is 5. The number of likely N-dealkylation sites (N-methyl/N-ethyl adjacent to an activating group) is 1. The number of allylic oxidation sites excluding steroid dienone is 2.